The largest absolute Gasteiger partial charge is 0.573 e. The number of nitrogens with one attached hydrogen (secondary N) is 1. The van der Waals surface area contributed by atoms with Gasteiger partial charge in [0.2, 0.25) is 5.91 Å². The first-order chi connectivity index (χ1) is 12.9. The molecule has 0 radical (unpaired) electrons. The van der Waals surface area contributed by atoms with Crippen molar-refractivity contribution in [2.75, 3.05) is 0 Å². The lowest BCUT2D eigenvalue weighted by Crippen LogP contribution is -2.25. The standard InChI is InChI=1S/C18H14F3N3O2S/c19-18(20,21)26-15-6-4-12(5-7-15)17-24-14(11-27-17)9-16(25)23-10-13-3-1-2-8-22-13/h1-8,11H,9-10H2,(H,23,25). The lowest BCUT2D eigenvalue weighted by molar-refractivity contribution is -0.274. The van der Waals surface area contributed by atoms with Crippen LogP contribution in [0.2, 0.25) is 0 Å². The molecule has 2 aromatic heterocycles. The van der Waals surface area contributed by atoms with Crippen LogP contribution in [0.4, 0.5) is 13.2 Å². The molecule has 0 atom stereocenters. The molecule has 0 aliphatic heterocycles. The third kappa shape index (κ3) is 5.78. The molecule has 3 aromatic rings. The van der Waals surface area contributed by atoms with Crippen molar-refractivity contribution in [1.82, 2.24) is 15.3 Å². The highest BCUT2D eigenvalue weighted by molar-refractivity contribution is 7.13. The predicted octanol–water partition coefficient (Wildman–Crippen LogP) is 3.96. The number of pyridine rings is 1. The van der Waals surface area contributed by atoms with Crippen molar-refractivity contribution < 1.29 is 22.7 Å². The number of carbonyl (C=O) groups excluding carboxylic acids is 1. The van der Waals surface area contributed by atoms with Gasteiger partial charge in [-0.25, -0.2) is 4.98 Å². The van der Waals surface area contributed by atoms with Crippen LogP contribution in [-0.4, -0.2) is 22.2 Å². The van der Waals surface area contributed by atoms with Crippen LogP contribution in [-0.2, 0) is 17.8 Å². The molecular weight excluding hydrogens is 379 g/mol. The van der Waals surface area contributed by atoms with Gasteiger partial charge in [0.1, 0.15) is 10.8 Å². The van der Waals surface area contributed by atoms with Crippen molar-refractivity contribution in [3.8, 4) is 16.3 Å². The Labute approximate surface area is 156 Å². The van der Waals surface area contributed by atoms with E-state index >= 15 is 0 Å². The number of hydrogen-bond acceptors (Lipinski definition) is 5. The van der Waals surface area contributed by atoms with E-state index in [1.807, 2.05) is 12.1 Å². The highest BCUT2D eigenvalue weighted by atomic mass is 32.1. The summed E-state index contributed by atoms with van der Waals surface area (Å²) < 4.78 is 40.4. The van der Waals surface area contributed by atoms with Gasteiger partial charge in [-0.05, 0) is 36.4 Å². The van der Waals surface area contributed by atoms with E-state index in [1.165, 1.54) is 35.6 Å². The number of alkyl halides is 3. The fourth-order valence-corrected chi connectivity index (χ4v) is 3.06. The molecule has 0 aliphatic rings. The summed E-state index contributed by atoms with van der Waals surface area (Å²) in [7, 11) is 0. The molecule has 1 amide bonds. The first-order valence-electron chi connectivity index (χ1n) is 7.86. The summed E-state index contributed by atoms with van der Waals surface area (Å²) in [5, 5.41) is 5.12. The fourth-order valence-electron chi connectivity index (χ4n) is 2.24. The quantitative estimate of drug-likeness (QED) is 0.689. The first kappa shape index (κ1) is 18.8. The third-order valence-electron chi connectivity index (χ3n) is 3.42. The number of aromatic nitrogens is 2. The van der Waals surface area contributed by atoms with Crippen LogP contribution in [0.25, 0.3) is 10.6 Å². The number of nitrogens with zero attached hydrogens (tertiary/aromatic N) is 2. The van der Waals surface area contributed by atoms with Crippen molar-refractivity contribution in [2.45, 2.75) is 19.3 Å². The highest BCUT2D eigenvalue weighted by Crippen LogP contribution is 2.28. The van der Waals surface area contributed by atoms with Gasteiger partial charge in [-0.2, -0.15) is 0 Å². The van der Waals surface area contributed by atoms with Crippen molar-refractivity contribution in [3.63, 3.8) is 0 Å². The second-order valence-electron chi connectivity index (χ2n) is 5.49. The van der Waals surface area contributed by atoms with Crippen LogP contribution >= 0.6 is 11.3 Å². The van der Waals surface area contributed by atoms with Gasteiger partial charge >= 0.3 is 6.36 Å². The molecule has 1 aromatic carbocycles. The van der Waals surface area contributed by atoms with E-state index in [-0.39, 0.29) is 18.1 Å². The number of benzene rings is 1. The minimum atomic E-state index is -4.72. The number of carbonyl (C=O) groups is 1. The number of halogens is 3. The van der Waals surface area contributed by atoms with E-state index in [2.05, 4.69) is 20.0 Å². The van der Waals surface area contributed by atoms with E-state index < -0.39 is 6.36 Å². The maximum atomic E-state index is 12.2. The summed E-state index contributed by atoms with van der Waals surface area (Å²) in [6.45, 7) is 0.331. The molecule has 0 saturated heterocycles. The summed E-state index contributed by atoms with van der Waals surface area (Å²) in [6, 6.07) is 10.9. The Balaban J connectivity index is 1.57. The van der Waals surface area contributed by atoms with Crippen LogP contribution in [0.5, 0.6) is 5.75 Å². The van der Waals surface area contributed by atoms with Crippen molar-refractivity contribution in [2.24, 2.45) is 0 Å². The number of rotatable bonds is 6. The van der Waals surface area contributed by atoms with Crippen LogP contribution in [0.1, 0.15) is 11.4 Å². The molecule has 0 saturated carbocycles. The Morgan fingerprint density at radius 2 is 1.89 bits per heavy atom. The van der Waals surface area contributed by atoms with E-state index in [0.29, 0.717) is 22.8 Å². The molecular formula is C18H14F3N3O2S. The van der Waals surface area contributed by atoms with Crippen molar-refractivity contribution >= 4 is 17.2 Å². The summed E-state index contributed by atoms with van der Waals surface area (Å²) in [5.41, 5.74) is 1.99. The lowest BCUT2D eigenvalue weighted by Gasteiger charge is -2.08. The zero-order valence-corrected chi connectivity index (χ0v) is 14.7. The topological polar surface area (TPSA) is 64.1 Å². The van der Waals surface area contributed by atoms with Gasteiger partial charge in [0, 0.05) is 17.1 Å². The molecule has 0 bridgehead atoms. The average molecular weight is 393 g/mol. The first-order valence-corrected chi connectivity index (χ1v) is 8.74. The molecule has 3 rings (SSSR count). The van der Waals surface area contributed by atoms with Crippen molar-refractivity contribution in [1.29, 1.82) is 0 Å². The molecule has 0 fully saturated rings. The number of thiazole rings is 1. The Morgan fingerprint density at radius 1 is 1.11 bits per heavy atom. The minimum absolute atomic E-state index is 0.110. The minimum Gasteiger partial charge on any atom is -0.406 e. The number of ether oxygens (including phenoxy) is 1. The van der Waals surface area contributed by atoms with Crippen LogP contribution in [0.3, 0.4) is 0 Å². The summed E-state index contributed by atoms with van der Waals surface area (Å²) in [6.07, 6.45) is -2.96. The van der Waals surface area contributed by atoms with E-state index in [1.54, 1.807) is 17.6 Å². The second kappa shape index (κ2) is 8.17. The van der Waals surface area contributed by atoms with E-state index in [4.69, 9.17) is 0 Å². The van der Waals surface area contributed by atoms with Crippen LogP contribution < -0.4 is 10.1 Å². The Morgan fingerprint density at radius 3 is 2.56 bits per heavy atom. The normalized spacial score (nSPS) is 11.2. The second-order valence-corrected chi connectivity index (χ2v) is 6.35. The fraction of sp³-hybridized carbons (Fsp3) is 0.167. The van der Waals surface area contributed by atoms with Crippen LogP contribution in [0.15, 0.2) is 54.0 Å². The van der Waals surface area contributed by atoms with Gasteiger partial charge in [-0.1, -0.05) is 6.07 Å². The smallest absolute Gasteiger partial charge is 0.406 e. The highest BCUT2D eigenvalue weighted by Gasteiger charge is 2.31. The zero-order chi connectivity index (χ0) is 19.3. The van der Waals surface area contributed by atoms with Gasteiger partial charge in [-0.15, -0.1) is 24.5 Å². The summed E-state index contributed by atoms with van der Waals surface area (Å²) >= 11 is 1.31. The maximum Gasteiger partial charge on any atom is 0.573 e. The van der Waals surface area contributed by atoms with Gasteiger partial charge in [-0.3, -0.25) is 9.78 Å². The summed E-state index contributed by atoms with van der Waals surface area (Å²) in [4.78, 5) is 20.5. The summed E-state index contributed by atoms with van der Waals surface area (Å²) in [5.74, 6) is -0.483. The Bertz CT molecular complexity index is 896. The number of hydrogen-bond donors (Lipinski definition) is 1. The molecule has 5 nitrogen and oxygen atoms in total. The molecule has 9 heteroatoms. The molecule has 0 aliphatic carbocycles. The van der Waals surface area contributed by atoms with E-state index in [9.17, 15) is 18.0 Å². The maximum absolute atomic E-state index is 12.2. The van der Waals surface area contributed by atoms with Gasteiger partial charge < -0.3 is 10.1 Å². The molecule has 27 heavy (non-hydrogen) atoms. The average Bonchev–Trinajstić information content (AvgIpc) is 3.08. The number of amides is 1. The van der Waals surface area contributed by atoms with Gasteiger partial charge in [0.15, 0.2) is 0 Å². The lowest BCUT2D eigenvalue weighted by atomic mass is 10.2. The molecule has 1 N–H and O–H groups in total. The molecule has 2 heterocycles. The zero-order valence-electron chi connectivity index (χ0n) is 13.9. The molecule has 140 valence electrons. The van der Waals surface area contributed by atoms with Crippen molar-refractivity contribution in [3.05, 3.63) is 65.4 Å². The van der Waals surface area contributed by atoms with E-state index in [0.717, 1.165) is 5.69 Å². The Hall–Kier alpha value is -2.94. The van der Waals surface area contributed by atoms with Gasteiger partial charge in [0.05, 0.1) is 24.4 Å². The Kier molecular flexibility index (Phi) is 5.70. The van der Waals surface area contributed by atoms with Gasteiger partial charge in [0.25, 0.3) is 0 Å². The monoisotopic (exact) mass is 393 g/mol. The SMILES string of the molecule is O=C(Cc1csc(-c2ccc(OC(F)(F)F)cc2)n1)NCc1ccccn1. The molecule has 0 unspecified atom stereocenters. The van der Waals surface area contributed by atoms with Crippen LogP contribution in [0, 0.1) is 0 Å². The predicted molar refractivity (Wildman–Crippen MR) is 94.0 cm³/mol. The molecule has 0 spiro atoms. The third-order valence-corrected chi connectivity index (χ3v) is 4.36.